The number of amidine groups is 1. The average molecular weight is 229 g/mol. The lowest BCUT2D eigenvalue weighted by Crippen LogP contribution is -2.33. The van der Waals surface area contributed by atoms with Gasteiger partial charge in [-0.25, -0.2) is 0 Å². The molecule has 5 heteroatoms. The number of oxime groups is 1. The number of hydrogen-bond donors (Lipinski definition) is 2. The Kier molecular flexibility index (Phi) is 7.33. The van der Waals surface area contributed by atoms with Gasteiger partial charge in [0.25, 0.3) is 0 Å². The Morgan fingerprint density at radius 3 is 2.50 bits per heavy atom. The van der Waals surface area contributed by atoms with Crippen LogP contribution in [0.3, 0.4) is 0 Å². The van der Waals surface area contributed by atoms with E-state index in [1.54, 1.807) is 4.90 Å². The van der Waals surface area contributed by atoms with Crippen LogP contribution >= 0.6 is 0 Å². The summed E-state index contributed by atoms with van der Waals surface area (Å²) in [6.07, 6.45) is 1.89. The van der Waals surface area contributed by atoms with E-state index < -0.39 is 0 Å². The first-order valence-corrected chi connectivity index (χ1v) is 5.75. The average Bonchev–Trinajstić information content (AvgIpc) is 2.26. The van der Waals surface area contributed by atoms with E-state index in [1.165, 1.54) is 0 Å². The fourth-order valence-corrected chi connectivity index (χ4v) is 1.33. The van der Waals surface area contributed by atoms with Gasteiger partial charge in [-0.2, -0.15) is 0 Å². The Bertz CT molecular complexity index is 239. The maximum atomic E-state index is 11.8. The fourth-order valence-electron chi connectivity index (χ4n) is 1.33. The van der Waals surface area contributed by atoms with Gasteiger partial charge in [0.15, 0.2) is 0 Å². The molecule has 16 heavy (non-hydrogen) atoms. The van der Waals surface area contributed by atoms with Crippen molar-refractivity contribution < 1.29 is 10.0 Å². The molecule has 0 radical (unpaired) electrons. The van der Waals surface area contributed by atoms with Gasteiger partial charge in [-0.1, -0.05) is 19.0 Å². The Morgan fingerprint density at radius 1 is 1.44 bits per heavy atom. The minimum Gasteiger partial charge on any atom is -0.409 e. The van der Waals surface area contributed by atoms with Crippen molar-refractivity contribution in [3.05, 3.63) is 0 Å². The summed E-state index contributed by atoms with van der Waals surface area (Å²) in [5.41, 5.74) is 5.36. The van der Waals surface area contributed by atoms with Gasteiger partial charge in [-0.05, 0) is 19.3 Å². The van der Waals surface area contributed by atoms with Crippen molar-refractivity contribution >= 4 is 11.7 Å². The highest BCUT2D eigenvalue weighted by molar-refractivity contribution is 5.81. The van der Waals surface area contributed by atoms with Crippen molar-refractivity contribution in [3.63, 3.8) is 0 Å². The lowest BCUT2D eigenvalue weighted by Gasteiger charge is -2.20. The lowest BCUT2D eigenvalue weighted by atomic mass is 10.1. The summed E-state index contributed by atoms with van der Waals surface area (Å²) in [5, 5.41) is 11.3. The first-order valence-electron chi connectivity index (χ1n) is 5.75. The molecule has 0 aromatic carbocycles. The number of carbonyl (C=O) groups excluding carboxylic acids is 1. The molecule has 0 unspecified atom stereocenters. The maximum Gasteiger partial charge on any atom is 0.222 e. The van der Waals surface area contributed by atoms with Crippen LogP contribution < -0.4 is 5.73 Å². The van der Waals surface area contributed by atoms with Crippen LogP contribution in [0.15, 0.2) is 5.16 Å². The van der Waals surface area contributed by atoms with Crippen LogP contribution in [0.5, 0.6) is 0 Å². The molecule has 0 atom stereocenters. The van der Waals surface area contributed by atoms with Crippen LogP contribution in [-0.2, 0) is 4.79 Å². The van der Waals surface area contributed by atoms with Crippen molar-refractivity contribution in [2.75, 3.05) is 13.1 Å². The first kappa shape index (κ1) is 14.7. The summed E-state index contributed by atoms with van der Waals surface area (Å²) in [7, 11) is 0. The molecule has 0 heterocycles. The molecule has 0 spiro atoms. The molecule has 0 aliphatic rings. The third kappa shape index (κ3) is 6.27. The summed E-state index contributed by atoms with van der Waals surface area (Å²) >= 11 is 0. The van der Waals surface area contributed by atoms with Gasteiger partial charge in [-0.3, -0.25) is 4.79 Å². The monoisotopic (exact) mass is 229 g/mol. The number of amides is 1. The Morgan fingerprint density at radius 2 is 2.06 bits per heavy atom. The number of rotatable bonds is 7. The maximum absolute atomic E-state index is 11.8. The molecule has 0 bridgehead atoms. The topological polar surface area (TPSA) is 78.9 Å². The van der Waals surface area contributed by atoms with E-state index in [2.05, 4.69) is 19.0 Å². The highest BCUT2D eigenvalue weighted by Crippen LogP contribution is 2.06. The van der Waals surface area contributed by atoms with E-state index in [0.717, 1.165) is 6.42 Å². The second-order valence-electron chi connectivity index (χ2n) is 4.25. The van der Waals surface area contributed by atoms with Crippen LogP contribution in [0.25, 0.3) is 0 Å². The summed E-state index contributed by atoms with van der Waals surface area (Å²) in [6.45, 7) is 7.30. The van der Waals surface area contributed by atoms with Gasteiger partial charge in [0.2, 0.25) is 5.91 Å². The van der Waals surface area contributed by atoms with Gasteiger partial charge >= 0.3 is 0 Å². The van der Waals surface area contributed by atoms with Crippen LogP contribution in [0, 0.1) is 5.92 Å². The standard InChI is InChI=1S/C11H23N3O2/c1-4-14(8-7-10(12)13-16)11(15)6-5-9(2)3/h9,16H,4-8H2,1-3H3,(H2,12,13). The summed E-state index contributed by atoms with van der Waals surface area (Å²) in [4.78, 5) is 13.5. The van der Waals surface area contributed by atoms with E-state index in [4.69, 9.17) is 10.9 Å². The zero-order valence-electron chi connectivity index (χ0n) is 10.4. The van der Waals surface area contributed by atoms with Crippen molar-refractivity contribution in [1.29, 1.82) is 0 Å². The van der Waals surface area contributed by atoms with E-state index in [0.29, 0.717) is 31.8 Å². The van der Waals surface area contributed by atoms with E-state index >= 15 is 0 Å². The van der Waals surface area contributed by atoms with Gasteiger partial charge in [-0.15, -0.1) is 0 Å². The summed E-state index contributed by atoms with van der Waals surface area (Å²) in [6, 6.07) is 0. The molecule has 3 N–H and O–H groups in total. The highest BCUT2D eigenvalue weighted by Gasteiger charge is 2.12. The smallest absolute Gasteiger partial charge is 0.222 e. The van der Waals surface area contributed by atoms with Crippen molar-refractivity contribution in [2.24, 2.45) is 16.8 Å². The highest BCUT2D eigenvalue weighted by atomic mass is 16.4. The SMILES string of the molecule is CCN(CCC(N)=NO)C(=O)CCC(C)C. The Labute approximate surface area is 97.3 Å². The molecule has 0 aliphatic heterocycles. The van der Waals surface area contributed by atoms with E-state index in [9.17, 15) is 4.79 Å². The molecule has 5 nitrogen and oxygen atoms in total. The lowest BCUT2D eigenvalue weighted by molar-refractivity contribution is -0.131. The molecular weight excluding hydrogens is 206 g/mol. The van der Waals surface area contributed by atoms with Crippen LogP contribution in [-0.4, -0.2) is 34.9 Å². The van der Waals surface area contributed by atoms with Crippen LogP contribution in [0.4, 0.5) is 0 Å². The zero-order chi connectivity index (χ0) is 12.6. The van der Waals surface area contributed by atoms with E-state index in [1.807, 2.05) is 6.92 Å². The third-order valence-corrected chi connectivity index (χ3v) is 2.44. The summed E-state index contributed by atoms with van der Waals surface area (Å²) < 4.78 is 0. The second kappa shape index (κ2) is 7.96. The predicted molar refractivity (Wildman–Crippen MR) is 64.4 cm³/mol. The number of carbonyl (C=O) groups is 1. The molecule has 0 fully saturated rings. The first-order chi connectivity index (χ1) is 7.51. The molecule has 0 rings (SSSR count). The molecule has 94 valence electrons. The van der Waals surface area contributed by atoms with Crippen molar-refractivity contribution in [1.82, 2.24) is 4.90 Å². The number of nitrogens with two attached hydrogens (primary N) is 1. The number of hydrogen-bond acceptors (Lipinski definition) is 3. The minimum atomic E-state index is 0.141. The predicted octanol–water partition coefficient (Wildman–Crippen LogP) is 1.41. The Balaban J connectivity index is 4.02. The Hall–Kier alpha value is -1.26. The van der Waals surface area contributed by atoms with E-state index in [-0.39, 0.29) is 11.7 Å². The molecule has 0 saturated heterocycles. The second-order valence-corrected chi connectivity index (χ2v) is 4.25. The van der Waals surface area contributed by atoms with Gasteiger partial charge in [0.05, 0.1) is 0 Å². The van der Waals surface area contributed by atoms with Crippen LogP contribution in [0.1, 0.15) is 40.0 Å². The number of nitrogens with zero attached hydrogens (tertiary/aromatic N) is 2. The van der Waals surface area contributed by atoms with Crippen LogP contribution in [0.2, 0.25) is 0 Å². The molecule has 0 aliphatic carbocycles. The third-order valence-electron chi connectivity index (χ3n) is 2.44. The normalized spacial score (nSPS) is 11.9. The van der Waals surface area contributed by atoms with Gasteiger partial charge < -0.3 is 15.8 Å². The largest absolute Gasteiger partial charge is 0.409 e. The quantitative estimate of drug-likeness (QED) is 0.300. The van der Waals surface area contributed by atoms with Crippen molar-refractivity contribution in [3.8, 4) is 0 Å². The van der Waals surface area contributed by atoms with Gasteiger partial charge in [0.1, 0.15) is 5.84 Å². The molecule has 1 amide bonds. The molecule has 0 aromatic heterocycles. The summed E-state index contributed by atoms with van der Waals surface area (Å²) in [5.74, 6) is 0.837. The molecule has 0 saturated carbocycles. The van der Waals surface area contributed by atoms with Gasteiger partial charge in [0, 0.05) is 25.9 Å². The fraction of sp³-hybridized carbons (Fsp3) is 0.818. The molecule has 0 aromatic rings. The zero-order valence-corrected chi connectivity index (χ0v) is 10.4. The molecular formula is C11H23N3O2. The minimum absolute atomic E-state index is 0.141. The van der Waals surface area contributed by atoms with Crippen molar-refractivity contribution in [2.45, 2.75) is 40.0 Å².